The average Bonchev–Trinajstić information content (AvgIpc) is 3.22. The first-order valence-corrected chi connectivity index (χ1v) is 11.1. The van der Waals surface area contributed by atoms with E-state index in [1.807, 2.05) is 0 Å². The summed E-state index contributed by atoms with van der Waals surface area (Å²) >= 11 is 0. The highest BCUT2D eigenvalue weighted by atomic mass is 16.2. The number of hydrogen-bond donors (Lipinski definition) is 6. The number of rotatable bonds is 13. The smallest absolute Gasteiger partial charge is 0.245 e. The molecule has 0 aromatic rings. The van der Waals surface area contributed by atoms with Gasteiger partial charge in [-0.05, 0) is 39.0 Å². The van der Waals surface area contributed by atoms with Gasteiger partial charge in [-0.1, -0.05) is 0 Å². The highest BCUT2D eigenvalue weighted by molar-refractivity contribution is 5.94. The molecule has 1 fully saturated rings. The lowest BCUT2D eigenvalue weighted by Crippen LogP contribution is -2.56. The van der Waals surface area contributed by atoms with Crippen LogP contribution >= 0.6 is 0 Å². The van der Waals surface area contributed by atoms with Crippen LogP contribution < -0.4 is 33.2 Å². The Hall–Kier alpha value is -3.38. The fourth-order valence-electron chi connectivity index (χ4n) is 3.63. The predicted molar refractivity (Wildman–Crippen MR) is 121 cm³/mol. The Labute approximate surface area is 193 Å². The van der Waals surface area contributed by atoms with Gasteiger partial charge in [0.1, 0.15) is 18.1 Å². The first kappa shape index (κ1) is 27.7. The highest BCUT2D eigenvalue weighted by Gasteiger charge is 2.37. The lowest BCUT2D eigenvalue weighted by atomic mass is 10.1. The van der Waals surface area contributed by atoms with E-state index in [1.165, 1.54) is 11.8 Å². The summed E-state index contributed by atoms with van der Waals surface area (Å²) in [6, 6.07) is -2.62. The van der Waals surface area contributed by atoms with E-state index in [2.05, 4.69) is 20.9 Å². The molecular formula is C20H36N8O5. The van der Waals surface area contributed by atoms with E-state index in [0.717, 1.165) is 0 Å². The molecule has 5 amide bonds. The maximum Gasteiger partial charge on any atom is 0.245 e. The van der Waals surface area contributed by atoms with E-state index < -0.39 is 41.8 Å². The molecule has 0 aromatic carbocycles. The van der Waals surface area contributed by atoms with Crippen LogP contribution in [0.4, 0.5) is 0 Å². The third-order valence-corrected chi connectivity index (χ3v) is 5.12. The molecule has 3 atom stereocenters. The molecule has 9 N–H and O–H groups in total. The lowest BCUT2D eigenvalue weighted by molar-refractivity contribution is -0.142. The molecule has 0 aliphatic carbocycles. The molecule has 186 valence electrons. The molecule has 1 saturated heterocycles. The van der Waals surface area contributed by atoms with Crippen LogP contribution in [-0.2, 0) is 24.0 Å². The summed E-state index contributed by atoms with van der Waals surface area (Å²) in [5.74, 6) is -2.45. The number of nitrogens with zero attached hydrogens (tertiary/aromatic N) is 2. The second kappa shape index (κ2) is 13.9. The molecule has 0 radical (unpaired) electrons. The number of guanidine groups is 1. The third-order valence-electron chi connectivity index (χ3n) is 5.12. The maximum absolute atomic E-state index is 13.3. The monoisotopic (exact) mass is 468 g/mol. The van der Waals surface area contributed by atoms with Crippen molar-refractivity contribution in [2.24, 2.45) is 22.2 Å². The molecule has 0 bridgehead atoms. The lowest BCUT2D eigenvalue weighted by Gasteiger charge is -2.29. The van der Waals surface area contributed by atoms with E-state index in [1.54, 1.807) is 6.92 Å². The van der Waals surface area contributed by atoms with Gasteiger partial charge < -0.3 is 38.1 Å². The van der Waals surface area contributed by atoms with Gasteiger partial charge in [-0.2, -0.15) is 0 Å². The van der Waals surface area contributed by atoms with Crippen LogP contribution in [0.2, 0.25) is 0 Å². The zero-order chi connectivity index (χ0) is 25.0. The van der Waals surface area contributed by atoms with Crippen molar-refractivity contribution < 1.29 is 24.0 Å². The van der Waals surface area contributed by atoms with Crippen molar-refractivity contribution in [2.75, 3.05) is 19.6 Å². The van der Waals surface area contributed by atoms with Crippen LogP contribution in [0.15, 0.2) is 4.99 Å². The number of aliphatic imine (C=N–C) groups is 1. The van der Waals surface area contributed by atoms with Crippen LogP contribution in [0.3, 0.4) is 0 Å². The maximum atomic E-state index is 13.3. The second-order valence-electron chi connectivity index (χ2n) is 7.85. The van der Waals surface area contributed by atoms with Gasteiger partial charge in [0.05, 0.1) is 0 Å². The van der Waals surface area contributed by atoms with E-state index in [4.69, 9.17) is 17.2 Å². The largest absolute Gasteiger partial charge is 0.370 e. The second-order valence-corrected chi connectivity index (χ2v) is 7.85. The summed E-state index contributed by atoms with van der Waals surface area (Å²) in [5.41, 5.74) is 15.8. The predicted octanol–water partition coefficient (Wildman–Crippen LogP) is -2.58. The minimum atomic E-state index is -1.04. The van der Waals surface area contributed by atoms with Gasteiger partial charge in [-0.3, -0.25) is 29.0 Å². The molecule has 1 rings (SSSR count). The van der Waals surface area contributed by atoms with Crippen LogP contribution in [0, 0.1) is 0 Å². The number of likely N-dealkylation sites (tertiary alicyclic amines) is 1. The van der Waals surface area contributed by atoms with Gasteiger partial charge in [0.15, 0.2) is 5.96 Å². The Morgan fingerprint density at radius 2 is 1.76 bits per heavy atom. The summed E-state index contributed by atoms with van der Waals surface area (Å²) in [6.07, 6.45) is 1.66. The third kappa shape index (κ3) is 9.74. The SMILES string of the molecule is CCNC(=O)[C@@H]1CCCN1C(=O)[C@H](CCCN=C(N)N)NC(=O)[C@H](CCC(N)=O)NC(C)=O. The van der Waals surface area contributed by atoms with Gasteiger partial charge in [0.25, 0.3) is 0 Å². The normalized spacial score (nSPS) is 16.9. The van der Waals surface area contributed by atoms with Crippen molar-refractivity contribution in [1.82, 2.24) is 20.9 Å². The number of nitrogens with two attached hydrogens (primary N) is 3. The molecule has 33 heavy (non-hydrogen) atoms. The molecule has 0 spiro atoms. The van der Waals surface area contributed by atoms with E-state index in [9.17, 15) is 24.0 Å². The van der Waals surface area contributed by atoms with Crippen LogP contribution in [0.25, 0.3) is 0 Å². The molecule has 0 aromatic heterocycles. The summed E-state index contributed by atoms with van der Waals surface area (Å²) < 4.78 is 0. The number of carbonyl (C=O) groups is 5. The van der Waals surface area contributed by atoms with Crippen LogP contribution in [-0.4, -0.2) is 78.2 Å². The number of hydrogen-bond acceptors (Lipinski definition) is 6. The van der Waals surface area contributed by atoms with Crippen molar-refractivity contribution in [2.45, 2.75) is 70.5 Å². The van der Waals surface area contributed by atoms with Crippen molar-refractivity contribution in [3.63, 3.8) is 0 Å². The quantitative estimate of drug-likeness (QED) is 0.0963. The van der Waals surface area contributed by atoms with Gasteiger partial charge >= 0.3 is 0 Å². The Balaban J connectivity index is 3.01. The van der Waals surface area contributed by atoms with Crippen molar-refractivity contribution in [1.29, 1.82) is 0 Å². The van der Waals surface area contributed by atoms with E-state index in [0.29, 0.717) is 32.4 Å². The zero-order valence-corrected chi connectivity index (χ0v) is 19.3. The van der Waals surface area contributed by atoms with E-state index in [-0.39, 0.29) is 37.7 Å². The van der Waals surface area contributed by atoms with Crippen molar-refractivity contribution in [3.8, 4) is 0 Å². The van der Waals surface area contributed by atoms with Crippen molar-refractivity contribution >= 4 is 35.5 Å². The van der Waals surface area contributed by atoms with E-state index >= 15 is 0 Å². The Morgan fingerprint density at radius 1 is 1.06 bits per heavy atom. The topological polar surface area (TPSA) is 215 Å². The highest BCUT2D eigenvalue weighted by Crippen LogP contribution is 2.20. The molecule has 13 heteroatoms. The Morgan fingerprint density at radius 3 is 2.33 bits per heavy atom. The molecular weight excluding hydrogens is 432 g/mol. The van der Waals surface area contributed by atoms with Gasteiger partial charge in [0.2, 0.25) is 29.5 Å². The number of nitrogens with one attached hydrogen (secondary N) is 3. The van der Waals surface area contributed by atoms with Crippen molar-refractivity contribution in [3.05, 3.63) is 0 Å². The van der Waals surface area contributed by atoms with Gasteiger partial charge in [0, 0.05) is 33.0 Å². The van der Waals surface area contributed by atoms with Gasteiger partial charge in [-0.25, -0.2) is 0 Å². The standard InChI is InChI=1S/C20H36N8O5/c1-3-24-18(32)15-7-5-11-28(15)19(33)14(6-4-10-25-20(22)23)27-17(31)13(26-12(2)29)8-9-16(21)30/h13-15H,3-11H2,1-2H3,(H2,21,30)(H,24,32)(H,26,29)(H,27,31)(H4,22,23,25)/t13-,14-,15-/m0/s1. The first-order chi connectivity index (χ1) is 15.6. The van der Waals surface area contributed by atoms with Crippen LogP contribution in [0.5, 0.6) is 0 Å². The number of primary amides is 1. The first-order valence-electron chi connectivity index (χ1n) is 11.1. The average molecular weight is 469 g/mol. The summed E-state index contributed by atoms with van der Waals surface area (Å²) in [7, 11) is 0. The molecule has 0 saturated carbocycles. The zero-order valence-electron chi connectivity index (χ0n) is 19.3. The Kier molecular flexibility index (Phi) is 11.7. The molecule has 13 nitrogen and oxygen atoms in total. The van der Waals surface area contributed by atoms with Crippen LogP contribution in [0.1, 0.15) is 52.4 Å². The Bertz CT molecular complexity index is 753. The molecule has 1 aliphatic rings. The number of amides is 5. The fraction of sp³-hybridized carbons (Fsp3) is 0.700. The summed E-state index contributed by atoms with van der Waals surface area (Å²) in [4.78, 5) is 66.6. The minimum Gasteiger partial charge on any atom is -0.370 e. The number of likely N-dealkylation sites (N-methyl/N-ethyl adjacent to an activating group) is 1. The minimum absolute atomic E-state index is 0.0130. The summed E-state index contributed by atoms with van der Waals surface area (Å²) in [6.45, 7) is 4.11. The molecule has 1 heterocycles. The fourth-order valence-corrected chi connectivity index (χ4v) is 3.63. The molecule has 0 unspecified atom stereocenters. The summed E-state index contributed by atoms with van der Waals surface area (Å²) in [5, 5.41) is 7.86. The number of carbonyl (C=O) groups excluding carboxylic acids is 5. The molecule has 1 aliphatic heterocycles. The van der Waals surface area contributed by atoms with Gasteiger partial charge in [-0.15, -0.1) is 0 Å².